The molecule has 1 aliphatic carbocycles. The summed E-state index contributed by atoms with van der Waals surface area (Å²) in [6, 6.07) is 2.19. The fourth-order valence-corrected chi connectivity index (χ4v) is 6.00. The molecule has 0 bridgehead atoms. The quantitative estimate of drug-likeness (QED) is 0.330. The first-order valence-corrected chi connectivity index (χ1v) is 13.8. The van der Waals surface area contributed by atoms with Crippen molar-refractivity contribution in [3.8, 4) is 0 Å². The highest BCUT2D eigenvalue weighted by atomic mass is 16.5. The molecule has 0 unspecified atom stereocenters. The maximum Gasteiger partial charge on any atom is 0.226 e. The first kappa shape index (κ1) is 29.6. The number of amides is 1. The van der Waals surface area contributed by atoms with E-state index in [-0.39, 0.29) is 18.6 Å². The fraction of sp³-hybridized carbons (Fsp3) is 0.515. The third-order valence-electron chi connectivity index (χ3n) is 8.38. The maximum atomic E-state index is 13.5. The zero-order valence-corrected chi connectivity index (χ0v) is 24.9. The van der Waals surface area contributed by atoms with Gasteiger partial charge in [0.05, 0.1) is 12.6 Å². The lowest BCUT2D eigenvalue weighted by molar-refractivity contribution is -0.130. The molecule has 0 aromatic heterocycles. The molecular formula is C33H46N2O3. The number of likely N-dealkylation sites (tertiary alicyclic amines) is 1. The number of ether oxygens (including phenoxy) is 1. The molecule has 1 heterocycles. The van der Waals surface area contributed by atoms with E-state index in [1.54, 1.807) is 7.11 Å². The van der Waals surface area contributed by atoms with Crippen molar-refractivity contribution in [2.45, 2.75) is 80.2 Å². The Morgan fingerprint density at radius 1 is 1.26 bits per heavy atom. The molecule has 1 saturated heterocycles. The molecule has 1 aromatic rings. The topological polar surface area (TPSA) is 58.6 Å². The SMILES string of the molecule is C=C1/C(=C/C(C)=C(\C=O)COC)N(C)C/C1=C1/c2c(C)cc(C)c(C)c2CC[C@@H]1NC(=O)C(C)(C)CCC. The Hall–Kier alpha value is -2.92. The van der Waals surface area contributed by atoms with E-state index in [0.717, 1.165) is 54.4 Å². The van der Waals surface area contributed by atoms with Crippen LogP contribution in [0.25, 0.3) is 5.57 Å². The van der Waals surface area contributed by atoms with E-state index in [1.807, 2.05) is 26.8 Å². The first-order valence-electron chi connectivity index (χ1n) is 13.8. The van der Waals surface area contributed by atoms with Crippen LogP contribution in [0.5, 0.6) is 0 Å². The highest BCUT2D eigenvalue weighted by Gasteiger charge is 2.37. The number of methoxy groups -OCH3 is 1. The normalized spacial score (nSPS) is 21.5. The Kier molecular flexibility index (Phi) is 9.25. The zero-order chi connectivity index (χ0) is 28.4. The van der Waals surface area contributed by atoms with E-state index in [2.05, 4.69) is 57.6 Å². The number of nitrogens with zero attached hydrogens (tertiary/aromatic N) is 1. The molecule has 0 saturated carbocycles. The van der Waals surface area contributed by atoms with Crippen molar-refractivity contribution in [3.63, 3.8) is 0 Å². The van der Waals surface area contributed by atoms with Gasteiger partial charge in [-0.25, -0.2) is 0 Å². The van der Waals surface area contributed by atoms with Crippen LogP contribution in [0.4, 0.5) is 0 Å². The van der Waals surface area contributed by atoms with Gasteiger partial charge in [0.1, 0.15) is 6.29 Å². The van der Waals surface area contributed by atoms with Gasteiger partial charge in [-0.3, -0.25) is 9.59 Å². The van der Waals surface area contributed by atoms with Crippen LogP contribution in [0.1, 0.15) is 74.8 Å². The minimum Gasteiger partial charge on any atom is -0.380 e. The van der Waals surface area contributed by atoms with Crippen molar-refractivity contribution in [2.75, 3.05) is 27.3 Å². The predicted molar refractivity (Wildman–Crippen MR) is 157 cm³/mol. The number of nitrogens with one attached hydrogen (secondary N) is 1. The lowest BCUT2D eigenvalue weighted by Gasteiger charge is -2.35. The number of benzene rings is 1. The molecule has 5 nitrogen and oxygen atoms in total. The average molecular weight is 519 g/mol. The van der Waals surface area contributed by atoms with E-state index in [0.29, 0.717) is 12.1 Å². The monoisotopic (exact) mass is 518 g/mol. The van der Waals surface area contributed by atoms with Gasteiger partial charge in [-0.15, -0.1) is 0 Å². The molecule has 1 aromatic carbocycles. The summed E-state index contributed by atoms with van der Waals surface area (Å²) in [4.78, 5) is 27.3. The Morgan fingerprint density at radius 2 is 1.95 bits per heavy atom. The van der Waals surface area contributed by atoms with E-state index in [1.165, 1.54) is 33.4 Å². The zero-order valence-electron chi connectivity index (χ0n) is 24.9. The van der Waals surface area contributed by atoms with E-state index < -0.39 is 5.41 Å². The lowest BCUT2D eigenvalue weighted by Crippen LogP contribution is -2.45. The second kappa shape index (κ2) is 11.9. The molecule has 0 radical (unpaired) electrons. The number of aldehydes is 1. The molecule has 1 atom stereocenters. The van der Waals surface area contributed by atoms with Crippen LogP contribution >= 0.6 is 0 Å². The molecule has 1 amide bonds. The van der Waals surface area contributed by atoms with E-state index in [9.17, 15) is 9.59 Å². The van der Waals surface area contributed by atoms with Gasteiger partial charge < -0.3 is 15.0 Å². The summed E-state index contributed by atoms with van der Waals surface area (Å²) < 4.78 is 5.22. The number of hydrogen-bond donors (Lipinski definition) is 1. The van der Waals surface area contributed by atoms with Crippen LogP contribution in [0.3, 0.4) is 0 Å². The molecule has 5 heteroatoms. The Balaban J connectivity index is 2.20. The molecule has 3 rings (SSSR count). The second-order valence-corrected chi connectivity index (χ2v) is 11.7. The number of fused-ring (bicyclic) bond motifs is 1. The summed E-state index contributed by atoms with van der Waals surface area (Å²) in [5.41, 5.74) is 11.9. The molecule has 1 aliphatic heterocycles. The fourth-order valence-electron chi connectivity index (χ4n) is 6.00. The summed E-state index contributed by atoms with van der Waals surface area (Å²) in [6.45, 7) is 20.2. The number of aryl methyl sites for hydroxylation is 2. The highest BCUT2D eigenvalue weighted by molar-refractivity contribution is 5.89. The molecule has 2 aliphatic rings. The van der Waals surface area contributed by atoms with Crippen molar-refractivity contribution < 1.29 is 14.3 Å². The first-order chi connectivity index (χ1) is 17.9. The third kappa shape index (κ3) is 5.73. The van der Waals surface area contributed by atoms with Gasteiger partial charge in [0.2, 0.25) is 5.91 Å². The highest BCUT2D eigenvalue weighted by Crippen LogP contribution is 2.44. The van der Waals surface area contributed by atoms with Crippen molar-refractivity contribution in [1.29, 1.82) is 0 Å². The summed E-state index contributed by atoms with van der Waals surface area (Å²) in [5.74, 6) is 0.106. The Labute approximate surface area is 229 Å². The number of allylic oxidation sites excluding steroid dienone is 3. The van der Waals surface area contributed by atoms with Crippen LogP contribution in [0.2, 0.25) is 0 Å². The predicted octanol–water partition coefficient (Wildman–Crippen LogP) is 6.17. The van der Waals surface area contributed by atoms with Crippen molar-refractivity contribution in [3.05, 3.63) is 74.5 Å². The molecule has 38 heavy (non-hydrogen) atoms. The van der Waals surface area contributed by atoms with Crippen molar-refractivity contribution in [1.82, 2.24) is 10.2 Å². The number of likely N-dealkylation sites (N-methyl/N-ethyl adjacent to an activating group) is 1. The number of hydrogen-bond acceptors (Lipinski definition) is 4. The van der Waals surface area contributed by atoms with Gasteiger partial charge in [-0.2, -0.15) is 0 Å². The lowest BCUT2D eigenvalue weighted by atomic mass is 9.75. The smallest absolute Gasteiger partial charge is 0.226 e. The average Bonchev–Trinajstić information content (AvgIpc) is 3.13. The van der Waals surface area contributed by atoms with Gasteiger partial charge in [0, 0.05) is 37.4 Å². The van der Waals surface area contributed by atoms with Gasteiger partial charge in [0.15, 0.2) is 0 Å². The molecular weight excluding hydrogens is 472 g/mol. The van der Waals surface area contributed by atoms with E-state index in [4.69, 9.17) is 4.74 Å². The minimum atomic E-state index is -0.425. The maximum absolute atomic E-state index is 13.5. The van der Waals surface area contributed by atoms with Crippen LogP contribution in [-0.4, -0.2) is 50.4 Å². The summed E-state index contributed by atoms with van der Waals surface area (Å²) in [5, 5.41) is 3.46. The number of carbonyl (C=O) groups excluding carboxylic acids is 2. The number of carbonyl (C=O) groups is 2. The summed E-state index contributed by atoms with van der Waals surface area (Å²) in [6.07, 6.45) is 6.51. The van der Waals surface area contributed by atoms with E-state index >= 15 is 0 Å². The van der Waals surface area contributed by atoms with Crippen molar-refractivity contribution >= 4 is 17.8 Å². The third-order valence-corrected chi connectivity index (χ3v) is 8.38. The summed E-state index contributed by atoms with van der Waals surface area (Å²) >= 11 is 0. The molecule has 0 spiro atoms. The van der Waals surface area contributed by atoms with Crippen LogP contribution in [0, 0.1) is 26.2 Å². The second-order valence-electron chi connectivity index (χ2n) is 11.7. The molecule has 206 valence electrons. The largest absolute Gasteiger partial charge is 0.380 e. The van der Waals surface area contributed by atoms with Crippen molar-refractivity contribution in [2.24, 2.45) is 5.41 Å². The van der Waals surface area contributed by atoms with Gasteiger partial charge >= 0.3 is 0 Å². The van der Waals surface area contributed by atoms with Crippen LogP contribution < -0.4 is 5.32 Å². The molecule has 1 fully saturated rings. The van der Waals surface area contributed by atoms with Crippen LogP contribution in [-0.2, 0) is 20.7 Å². The summed E-state index contributed by atoms with van der Waals surface area (Å²) in [7, 11) is 3.65. The Bertz CT molecular complexity index is 1230. The van der Waals surface area contributed by atoms with Gasteiger partial charge in [-0.05, 0) is 103 Å². The van der Waals surface area contributed by atoms with Gasteiger partial charge in [-0.1, -0.05) is 39.8 Å². The molecule has 1 N–H and O–H groups in total. The minimum absolute atomic E-state index is 0.0814. The van der Waals surface area contributed by atoms with Gasteiger partial charge in [0.25, 0.3) is 0 Å². The Morgan fingerprint density at radius 3 is 2.55 bits per heavy atom. The number of rotatable bonds is 8. The van der Waals surface area contributed by atoms with Crippen LogP contribution in [0.15, 0.2) is 46.7 Å². The standard InChI is InChI=1S/C33H46N2O3/c1-11-14-33(7,8)32(37)34-28-13-12-26-23(5)20(2)15-22(4)30(26)31(28)27-17-35(9)29(24(27)6)16-21(3)25(18-36)19-38-10/h15-16,18,28H,6,11-14,17,19H2,1-5,7-10H3,(H,34,37)/b25-21+,29-16-,31-27-/t28-/m0/s1.